The summed E-state index contributed by atoms with van der Waals surface area (Å²) in [6.07, 6.45) is 1.99. The Morgan fingerprint density at radius 1 is 0.968 bits per heavy atom. The summed E-state index contributed by atoms with van der Waals surface area (Å²) in [6, 6.07) is 20.6. The second-order valence-electron chi connectivity index (χ2n) is 8.80. The Kier molecular flexibility index (Phi) is 4.09. The third kappa shape index (κ3) is 2.78. The highest BCUT2D eigenvalue weighted by atomic mass is 32.2. The lowest BCUT2D eigenvalue weighted by Crippen LogP contribution is -2.47. The zero-order valence-electron chi connectivity index (χ0n) is 17.8. The van der Waals surface area contributed by atoms with Crippen molar-refractivity contribution >= 4 is 11.8 Å². The minimum absolute atomic E-state index is 0.213. The van der Waals surface area contributed by atoms with Crippen LogP contribution in [0.15, 0.2) is 71.9 Å². The first kappa shape index (κ1) is 18.8. The molecule has 0 amide bonds. The van der Waals surface area contributed by atoms with Crippen LogP contribution in [0.25, 0.3) is 11.4 Å². The predicted octanol–water partition coefficient (Wildman–Crippen LogP) is 5.39. The van der Waals surface area contributed by atoms with Crippen LogP contribution in [-0.2, 0) is 0 Å². The monoisotopic (exact) mass is 428 g/mol. The van der Waals surface area contributed by atoms with Crippen molar-refractivity contribution in [1.29, 1.82) is 0 Å². The van der Waals surface area contributed by atoms with Crippen molar-refractivity contribution < 1.29 is 4.74 Å². The minimum atomic E-state index is -0.309. The van der Waals surface area contributed by atoms with E-state index < -0.39 is 0 Å². The summed E-state index contributed by atoms with van der Waals surface area (Å²) in [5, 5.41) is 11.0. The number of rotatable bonds is 2. The fourth-order valence-corrected chi connectivity index (χ4v) is 6.57. The molecule has 2 aromatic heterocycles. The number of aromatic nitrogens is 4. The number of nitrogens with zero attached hydrogens (tertiary/aromatic N) is 4. The molecule has 156 valence electrons. The van der Waals surface area contributed by atoms with Gasteiger partial charge in [0.1, 0.15) is 10.6 Å². The second kappa shape index (κ2) is 6.76. The van der Waals surface area contributed by atoms with E-state index in [4.69, 9.17) is 14.9 Å². The number of para-hydroxylation sites is 2. The fraction of sp³-hybridized carbons (Fsp3) is 0.280. The lowest BCUT2D eigenvalue weighted by molar-refractivity contribution is 0.0199. The number of thioether (sulfide) groups is 1. The summed E-state index contributed by atoms with van der Waals surface area (Å²) in [4.78, 5) is 0. The molecular formula is C25H24N4OS. The number of hydrogen-bond acceptors (Lipinski definition) is 4. The van der Waals surface area contributed by atoms with E-state index in [1.54, 1.807) is 0 Å². The Morgan fingerprint density at radius 2 is 1.61 bits per heavy atom. The molecule has 2 atom stereocenters. The maximum absolute atomic E-state index is 6.62. The summed E-state index contributed by atoms with van der Waals surface area (Å²) in [5.74, 6) is 2.39. The average Bonchev–Trinajstić information content (AvgIpc) is 3.35. The molecule has 0 spiro atoms. The van der Waals surface area contributed by atoms with Crippen molar-refractivity contribution in [3.8, 4) is 17.3 Å². The van der Waals surface area contributed by atoms with E-state index in [2.05, 4.69) is 61.9 Å². The highest BCUT2D eigenvalue weighted by Gasteiger charge is 2.50. The normalized spacial score (nSPS) is 21.0. The third-order valence-electron chi connectivity index (χ3n) is 6.52. The van der Waals surface area contributed by atoms with Crippen molar-refractivity contribution in [2.45, 2.75) is 37.3 Å². The first-order valence-electron chi connectivity index (χ1n) is 10.6. The first-order valence-corrected chi connectivity index (χ1v) is 11.6. The average molecular weight is 429 g/mol. The summed E-state index contributed by atoms with van der Waals surface area (Å²) in [5.41, 5.74) is 5.36. The van der Waals surface area contributed by atoms with Gasteiger partial charge < -0.3 is 4.74 Å². The minimum Gasteiger partial charge on any atom is -0.471 e. The van der Waals surface area contributed by atoms with Crippen molar-refractivity contribution in [1.82, 2.24) is 19.6 Å². The van der Waals surface area contributed by atoms with E-state index >= 15 is 0 Å². The topological polar surface area (TPSA) is 44.9 Å². The Balaban J connectivity index is 1.55. The van der Waals surface area contributed by atoms with Crippen molar-refractivity contribution in [3.05, 3.63) is 83.7 Å². The molecule has 0 N–H and O–H groups in total. The summed E-state index contributed by atoms with van der Waals surface area (Å²) >= 11 is 1.89. The second-order valence-corrected chi connectivity index (χ2v) is 9.81. The smallest absolute Gasteiger partial charge is 0.221 e. The van der Waals surface area contributed by atoms with Crippen LogP contribution in [0, 0.1) is 12.8 Å². The van der Waals surface area contributed by atoms with Crippen LogP contribution in [0.1, 0.15) is 36.6 Å². The molecule has 0 bridgehead atoms. The zero-order valence-corrected chi connectivity index (χ0v) is 18.6. The van der Waals surface area contributed by atoms with Crippen LogP contribution in [-0.4, -0.2) is 30.9 Å². The molecule has 31 heavy (non-hydrogen) atoms. The number of ether oxygens (including phenoxy) is 1. The Hall–Kier alpha value is -2.99. The molecule has 0 saturated heterocycles. The molecule has 0 radical (unpaired) electrons. The van der Waals surface area contributed by atoms with Gasteiger partial charge in [-0.2, -0.15) is 10.2 Å². The van der Waals surface area contributed by atoms with Gasteiger partial charge in [-0.25, -0.2) is 9.36 Å². The van der Waals surface area contributed by atoms with Gasteiger partial charge in [0, 0.05) is 28.7 Å². The Labute approximate surface area is 186 Å². The van der Waals surface area contributed by atoms with Crippen molar-refractivity contribution in [2.75, 3.05) is 5.75 Å². The number of aryl methyl sites for hydroxylation is 1. The van der Waals surface area contributed by atoms with E-state index in [0.29, 0.717) is 5.92 Å². The molecule has 0 unspecified atom stereocenters. The molecule has 0 fully saturated rings. The molecule has 5 nitrogen and oxygen atoms in total. The van der Waals surface area contributed by atoms with Crippen LogP contribution < -0.4 is 4.74 Å². The Bertz CT molecular complexity index is 1260. The molecule has 0 saturated carbocycles. The number of hydrogen-bond donors (Lipinski definition) is 0. The highest BCUT2D eigenvalue weighted by molar-refractivity contribution is 7.99. The van der Waals surface area contributed by atoms with Gasteiger partial charge in [-0.1, -0.05) is 36.4 Å². The number of benzene rings is 2. The van der Waals surface area contributed by atoms with Gasteiger partial charge in [-0.3, -0.25) is 0 Å². The van der Waals surface area contributed by atoms with Crippen LogP contribution in [0.5, 0.6) is 5.88 Å². The van der Waals surface area contributed by atoms with Crippen molar-refractivity contribution in [2.24, 2.45) is 5.92 Å². The zero-order chi connectivity index (χ0) is 21.2. The van der Waals surface area contributed by atoms with Gasteiger partial charge in [-0.05, 0) is 45.0 Å². The van der Waals surface area contributed by atoms with Crippen LogP contribution >= 0.6 is 11.8 Å². The predicted molar refractivity (Wildman–Crippen MR) is 123 cm³/mol. The van der Waals surface area contributed by atoms with E-state index in [1.165, 1.54) is 10.6 Å². The standard InChI is InChI=1S/C25H24N4OS/c1-16-21-22-19-14-26-28(17-10-6-4-7-11-17)23(19)30-25(2,3)20(22)15-31-24(21)29(27-16)18-12-8-5-9-13-18/h4-14,20,22H,15H2,1-3H3/t20-,22-/m0/s1. The largest absolute Gasteiger partial charge is 0.471 e. The molecular weight excluding hydrogens is 404 g/mol. The van der Waals surface area contributed by atoms with Crippen LogP contribution in [0.4, 0.5) is 0 Å². The van der Waals surface area contributed by atoms with Gasteiger partial charge in [0.15, 0.2) is 0 Å². The van der Waals surface area contributed by atoms with E-state index in [9.17, 15) is 0 Å². The maximum Gasteiger partial charge on any atom is 0.221 e. The van der Waals surface area contributed by atoms with Gasteiger partial charge in [0.05, 0.1) is 23.3 Å². The molecule has 0 aliphatic carbocycles. The van der Waals surface area contributed by atoms with E-state index in [-0.39, 0.29) is 11.5 Å². The summed E-state index contributed by atoms with van der Waals surface area (Å²) in [7, 11) is 0. The quantitative estimate of drug-likeness (QED) is 0.429. The maximum atomic E-state index is 6.62. The molecule has 2 aliphatic rings. The molecule has 2 aromatic carbocycles. The van der Waals surface area contributed by atoms with E-state index in [0.717, 1.165) is 34.3 Å². The SMILES string of the molecule is Cc1nn(-c2ccccc2)c2c1[C@H]1c3cnn(-c4ccccc4)c3OC(C)(C)[C@H]1CS2. The van der Waals surface area contributed by atoms with Crippen LogP contribution in [0.2, 0.25) is 0 Å². The first-order chi connectivity index (χ1) is 15.0. The number of fused-ring (bicyclic) bond motifs is 5. The Morgan fingerprint density at radius 3 is 2.29 bits per heavy atom. The van der Waals surface area contributed by atoms with Crippen molar-refractivity contribution in [3.63, 3.8) is 0 Å². The molecule has 6 rings (SSSR count). The van der Waals surface area contributed by atoms with Gasteiger partial charge >= 0.3 is 0 Å². The molecule has 6 heteroatoms. The summed E-state index contributed by atoms with van der Waals surface area (Å²) < 4.78 is 10.7. The fourth-order valence-electron chi connectivity index (χ4n) is 4.94. The van der Waals surface area contributed by atoms with Gasteiger partial charge in [0.25, 0.3) is 0 Å². The van der Waals surface area contributed by atoms with Crippen LogP contribution in [0.3, 0.4) is 0 Å². The third-order valence-corrected chi connectivity index (χ3v) is 7.71. The molecule has 4 heterocycles. The summed E-state index contributed by atoms with van der Waals surface area (Å²) in [6.45, 7) is 6.54. The highest BCUT2D eigenvalue weighted by Crippen LogP contribution is 2.55. The van der Waals surface area contributed by atoms with Gasteiger partial charge in [0.2, 0.25) is 5.88 Å². The molecule has 2 aliphatic heterocycles. The van der Waals surface area contributed by atoms with E-state index in [1.807, 2.05) is 46.9 Å². The lowest BCUT2D eigenvalue weighted by atomic mass is 9.73. The molecule has 4 aromatic rings. The van der Waals surface area contributed by atoms with Gasteiger partial charge in [-0.15, -0.1) is 11.8 Å². The lowest BCUT2D eigenvalue weighted by Gasteiger charge is -2.45.